The van der Waals surface area contributed by atoms with E-state index in [1.54, 1.807) is 36.0 Å². The molecular weight excluding hydrogens is 364 g/mol. The molecule has 3 aliphatic rings. The van der Waals surface area contributed by atoms with Gasteiger partial charge in [0.05, 0.1) is 24.3 Å². The van der Waals surface area contributed by atoms with Crippen LogP contribution in [-0.4, -0.2) is 36.2 Å². The largest absolute Gasteiger partial charge is 0.465 e. The highest BCUT2D eigenvalue weighted by molar-refractivity contribution is 8.03. The topological polar surface area (TPSA) is 84.5 Å². The minimum absolute atomic E-state index is 0.0337. The molecule has 1 saturated heterocycles. The van der Waals surface area contributed by atoms with Crippen LogP contribution in [0.25, 0.3) is 0 Å². The van der Waals surface area contributed by atoms with Crippen LogP contribution in [0.3, 0.4) is 0 Å². The molecule has 0 aromatic heterocycles. The molecule has 1 aromatic carbocycles. The first-order valence-corrected chi connectivity index (χ1v) is 10.1. The van der Waals surface area contributed by atoms with Crippen LogP contribution in [0, 0.1) is 17.8 Å². The molecule has 2 heterocycles. The number of anilines is 1. The third-order valence-electron chi connectivity index (χ3n) is 5.79. The van der Waals surface area contributed by atoms with Gasteiger partial charge >= 0.3 is 5.97 Å². The Morgan fingerprint density at radius 2 is 2.07 bits per heavy atom. The Bertz CT molecular complexity index is 809. The summed E-state index contributed by atoms with van der Waals surface area (Å²) < 4.78 is 4.78. The zero-order valence-electron chi connectivity index (χ0n) is 15.0. The standard InChI is InChI=1S/C20H22N2O4S/c1-26-20(25)13-4-2-3-5-15(13)21-18(23)11-6-7-12-16(10-11)22-19(24)14-8-9-27-17(12)14/h2-5,8-9,11-12,14,16-17H,6-7,10H2,1H3,(H,21,23)(H,22,24). The Morgan fingerprint density at radius 3 is 2.89 bits per heavy atom. The highest BCUT2D eigenvalue weighted by Crippen LogP contribution is 2.45. The second-order valence-electron chi connectivity index (χ2n) is 7.27. The summed E-state index contributed by atoms with van der Waals surface area (Å²) in [7, 11) is 1.32. The predicted molar refractivity (Wildman–Crippen MR) is 103 cm³/mol. The molecule has 2 aliphatic heterocycles. The summed E-state index contributed by atoms with van der Waals surface area (Å²) >= 11 is 1.74. The number of methoxy groups -OCH3 is 1. The fourth-order valence-corrected chi connectivity index (χ4v) is 5.76. The number of fused-ring (bicyclic) bond motifs is 3. The Morgan fingerprint density at radius 1 is 1.26 bits per heavy atom. The number of amides is 2. The first-order chi connectivity index (χ1) is 13.1. The summed E-state index contributed by atoms with van der Waals surface area (Å²) in [6.07, 6.45) is 4.32. The van der Waals surface area contributed by atoms with Crippen molar-refractivity contribution in [1.29, 1.82) is 0 Å². The Labute approximate surface area is 162 Å². The molecule has 0 bridgehead atoms. The van der Waals surface area contributed by atoms with E-state index in [0.29, 0.717) is 28.8 Å². The number of esters is 1. The minimum Gasteiger partial charge on any atom is -0.465 e. The fraction of sp³-hybridized carbons (Fsp3) is 0.450. The number of nitrogens with one attached hydrogen (secondary N) is 2. The summed E-state index contributed by atoms with van der Waals surface area (Å²) in [5, 5.41) is 8.32. The fourth-order valence-electron chi connectivity index (χ4n) is 4.40. The van der Waals surface area contributed by atoms with E-state index in [2.05, 4.69) is 10.6 Å². The van der Waals surface area contributed by atoms with Gasteiger partial charge in [-0.3, -0.25) is 9.59 Å². The lowest BCUT2D eigenvalue weighted by Crippen LogP contribution is -2.57. The Balaban J connectivity index is 1.44. The summed E-state index contributed by atoms with van der Waals surface area (Å²) in [6.45, 7) is 0. The predicted octanol–water partition coefficient (Wildman–Crippen LogP) is 2.57. The first-order valence-electron chi connectivity index (χ1n) is 9.19. The maximum absolute atomic E-state index is 12.8. The number of rotatable bonds is 3. The van der Waals surface area contributed by atoms with Crippen molar-refractivity contribution in [3.63, 3.8) is 0 Å². The molecule has 2 N–H and O–H groups in total. The summed E-state index contributed by atoms with van der Waals surface area (Å²) in [5.74, 6) is -0.343. The lowest BCUT2D eigenvalue weighted by Gasteiger charge is -2.44. The van der Waals surface area contributed by atoms with Gasteiger partial charge in [0.2, 0.25) is 11.8 Å². The maximum atomic E-state index is 12.8. The number of hydrogen-bond acceptors (Lipinski definition) is 5. The number of ether oxygens (including phenoxy) is 1. The van der Waals surface area contributed by atoms with Crippen molar-refractivity contribution in [3.8, 4) is 0 Å². The molecule has 1 aliphatic carbocycles. The molecule has 1 saturated carbocycles. The van der Waals surface area contributed by atoms with Crippen molar-refractivity contribution in [1.82, 2.24) is 5.32 Å². The van der Waals surface area contributed by atoms with Crippen LogP contribution in [-0.2, 0) is 14.3 Å². The van der Waals surface area contributed by atoms with Gasteiger partial charge in [0, 0.05) is 17.2 Å². The third kappa shape index (κ3) is 3.36. The van der Waals surface area contributed by atoms with E-state index in [0.717, 1.165) is 12.8 Å². The number of piperidine rings is 1. The van der Waals surface area contributed by atoms with Crippen molar-refractivity contribution >= 4 is 35.2 Å². The molecule has 5 atom stereocenters. The second-order valence-corrected chi connectivity index (χ2v) is 8.36. The number of carbonyl (C=O) groups is 3. The van der Waals surface area contributed by atoms with Crippen LogP contribution < -0.4 is 10.6 Å². The zero-order valence-corrected chi connectivity index (χ0v) is 15.8. The van der Waals surface area contributed by atoms with Gasteiger partial charge in [-0.25, -0.2) is 4.79 Å². The van der Waals surface area contributed by atoms with Crippen LogP contribution in [0.5, 0.6) is 0 Å². The van der Waals surface area contributed by atoms with Crippen LogP contribution >= 0.6 is 11.8 Å². The van der Waals surface area contributed by atoms with Crippen molar-refractivity contribution in [2.45, 2.75) is 30.6 Å². The lowest BCUT2D eigenvalue weighted by atomic mass is 9.71. The zero-order chi connectivity index (χ0) is 19.0. The average Bonchev–Trinajstić information content (AvgIpc) is 3.18. The molecule has 0 radical (unpaired) electrons. The monoisotopic (exact) mass is 386 g/mol. The van der Waals surface area contributed by atoms with Crippen LogP contribution in [0.2, 0.25) is 0 Å². The van der Waals surface area contributed by atoms with Gasteiger partial charge in [-0.05, 0) is 42.7 Å². The summed E-state index contributed by atoms with van der Waals surface area (Å²) in [5.41, 5.74) is 0.795. The van der Waals surface area contributed by atoms with Gasteiger partial charge < -0.3 is 15.4 Å². The van der Waals surface area contributed by atoms with Crippen molar-refractivity contribution in [3.05, 3.63) is 41.3 Å². The van der Waals surface area contributed by atoms with Crippen LogP contribution in [0.15, 0.2) is 35.7 Å². The number of carbonyl (C=O) groups excluding carboxylic acids is 3. The Hall–Kier alpha value is -2.28. The Kier molecular flexibility index (Phi) is 4.95. The molecule has 2 amide bonds. The summed E-state index contributed by atoms with van der Waals surface area (Å²) in [6, 6.07) is 6.86. The molecule has 1 aromatic rings. The van der Waals surface area contributed by atoms with Gasteiger partial charge in [-0.1, -0.05) is 18.2 Å². The molecule has 2 fully saturated rings. The summed E-state index contributed by atoms with van der Waals surface area (Å²) in [4.78, 5) is 37.0. The van der Waals surface area contributed by atoms with Gasteiger partial charge in [-0.15, -0.1) is 11.8 Å². The van der Waals surface area contributed by atoms with Crippen LogP contribution in [0.1, 0.15) is 29.6 Å². The van der Waals surface area contributed by atoms with E-state index < -0.39 is 5.97 Å². The van der Waals surface area contributed by atoms with E-state index >= 15 is 0 Å². The quantitative estimate of drug-likeness (QED) is 0.780. The number of hydrogen-bond donors (Lipinski definition) is 2. The smallest absolute Gasteiger partial charge is 0.339 e. The highest BCUT2D eigenvalue weighted by atomic mass is 32.2. The van der Waals surface area contributed by atoms with Gasteiger partial charge in [-0.2, -0.15) is 0 Å². The average molecular weight is 386 g/mol. The van der Waals surface area contributed by atoms with Crippen molar-refractivity contribution in [2.24, 2.45) is 17.8 Å². The number of benzene rings is 1. The normalized spacial score (nSPS) is 31.4. The molecule has 7 heteroatoms. The van der Waals surface area contributed by atoms with Gasteiger partial charge in [0.15, 0.2) is 0 Å². The molecule has 142 valence electrons. The third-order valence-corrected chi connectivity index (χ3v) is 7.06. The molecular formula is C20H22N2O4S. The second kappa shape index (κ2) is 7.38. The van der Waals surface area contributed by atoms with Crippen molar-refractivity contribution < 1.29 is 19.1 Å². The molecule has 27 heavy (non-hydrogen) atoms. The van der Waals surface area contributed by atoms with Gasteiger partial charge in [0.1, 0.15) is 0 Å². The van der Waals surface area contributed by atoms with E-state index in [9.17, 15) is 14.4 Å². The minimum atomic E-state index is -0.481. The van der Waals surface area contributed by atoms with Crippen molar-refractivity contribution in [2.75, 3.05) is 12.4 Å². The first kappa shape index (κ1) is 18.1. The highest BCUT2D eigenvalue weighted by Gasteiger charge is 2.48. The molecule has 4 rings (SSSR count). The molecule has 6 nitrogen and oxygen atoms in total. The number of thioether (sulfide) groups is 1. The maximum Gasteiger partial charge on any atom is 0.339 e. The molecule has 5 unspecified atom stereocenters. The van der Waals surface area contributed by atoms with E-state index in [4.69, 9.17) is 4.74 Å². The van der Waals surface area contributed by atoms with E-state index in [1.165, 1.54) is 7.11 Å². The SMILES string of the molecule is COC(=O)c1ccccc1NC(=O)C1CCC2C(C1)NC(=O)C1C=CSC12. The lowest BCUT2D eigenvalue weighted by molar-refractivity contribution is -0.130. The van der Waals surface area contributed by atoms with E-state index in [1.807, 2.05) is 11.5 Å². The van der Waals surface area contributed by atoms with E-state index in [-0.39, 0.29) is 29.7 Å². The van der Waals surface area contributed by atoms with Gasteiger partial charge in [0.25, 0.3) is 0 Å². The number of para-hydroxylation sites is 1. The van der Waals surface area contributed by atoms with Crippen LogP contribution in [0.4, 0.5) is 5.69 Å². The molecule has 0 spiro atoms.